The third-order valence-corrected chi connectivity index (χ3v) is 9.70. The Morgan fingerprint density at radius 3 is 2.07 bits per heavy atom. The van der Waals surface area contributed by atoms with Gasteiger partial charge in [-0.25, -0.2) is 8.42 Å². The van der Waals surface area contributed by atoms with E-state index < -0.39 is 34.1 Å². The van der Waals surface area contributed by atoms with Crippen molar-refractivity contribution < 1.29 is 18.0 Å². The summed E-state index contributed by atoms with van der Waals surface area (Å²) in [5, 5.41) is 3.45. The van der Waals surface area contributed by atoms with E-state index >= 15 is 0 Å². The summed E-state index contributed by atoms with van der Waals surface area (Å²) < 4.78 is 29.6. The van der Waals surface area contributed by atoms with E-state index in [0.717, 1.165) is 32.1 Å². The van der Waals surface area contributed by atoms with E-state index in [1.807, 2.05) is 102 Å². The molecule has 0 heterocycles. The van der Waals surface area contributed by atoms with Gasteiger partial charge in [0.1, 0.15) is 12.6 Å². The Morgan fingerprint density at radius 1 is 0.804 bits per heavy atom. The molecule has 0 saturated carbocycles. The summed E-state index contributed by atoms with van der Waals surface area (Å²) in [5.41, 5.74) is 4.36. The van der Waals surface area contributed by atoms with E-state index in [9.17, 15) is 18.0 Å². The maximum Gasteiger partial charge on any atom is 0.264 e. The van der Waals surface area contributed by atoms with E-state index in [1.54, 1.807) is 12.1 Å². The minimum atomic E-state index is -4.22. The second-order valence-electron chi connectivity index (χ2n) is 12.7. The predicted molar refractivity (Wildman–Crippen MR) is 185 cm³/mol. The van der Waals surface area contributed by atoms with Crippen LogP contribution in [0, 0.1) is 20.8 Å². The number of anilines is 1. The van der Waals surface area contributed by atoms with Crippen LogP contribution in [0.15, 0.2) is 102 Å². The number of hydrogen-bond acceptors (Lipinski definition) is 4. The zero-order valence-corrected chi connectivity index (χ0v) is 28.8. The Labute approximate surface area is 278 Å². The number of hydrogen-bond donors (Lipinski definition) is 1. The molecule has 0 saturated heterocycles. The van der Waals surface area contributed by atoms with Gasteiger partial charge in [0.15, 0.2) is 0 Å². The van der Waals surface area contributed by atoms with Crippen LogP contribution in [-0.2, 0) is 32.6 Å². The number of rotatable bonds is 11. The Morgan fingerprint density at radius 2 is 1.46 bits per heavy atom. The lowest BCUT2D eigenvalue weighted by Crippen LogP contribution is -2.56. The summed E-state index contributed by atoms with van der Waals surface area (Å²) in [6.45, 7) is 11.0. The topological polar surface area (TPSA) is 86.8 Å². The van der Waals surface area contributed by atoms with Gasteiger partial charge in [0.2, 0.25) is 11.8 Å². The van der Waals surface area contributed by atoms with Crippen molar-refractivity contribution in [1.82, 2.24) is 10.2 Å². The number of carbonyl (C=O) groups excluding carboxylic acids is 2. The fraction of sp³-hybridized carbons (Fsp3) is 0.297. The largest absolute Gasteiger partial charge is 0.350 e. The van der Waals surface area contributed by atoms with Crippen molar-refractivity contribution >= 4 is 39.1 Å². The molecule has 4 rings (SSSR count). The van der Waals surface area contributed by atoms with Gasteiger partial charge in [-0.1, -0.05) is 77.8 Å². The molecule has 0 fully saturated rings. The molecule has 2 amide bonds. The van der Waals surface area contributed by atoms with Gasteiger partial charge in [-0.2, -0.15) is 0 Å². The van der Waals surface area contributed by atoms with E-state index in [1.165, 1.54) is 29.2 Å². The van der Waals surface area contributed by atoms with Crippen molar-refractivity contribution in [3.8, 4) is 0 Å². The van der Waals surface area contributed by atoms with Crippen LogP contribution >= 0.6 is 11.6 Å². The molecule has 1 unspecified atom stereocenters. The highest BCUT2D eigenvalue weighted by Gasteiger charge is 2.35. The first-order valence-corrected chi connectivity index (χ1v) is 17.0. The van der Waals surface area contributed by atoms with E-state index in [4.69, 9.17) is 11.6 Å². The SMILES string of the molecule is Cc1cccc(CN(C(=O)CN(c2ccc(C)c(C)c2)S(=O)(=O)c2ccc(Cl)cc2)C(Cc2ccccc2)C(=O)NC(C)(C)C)c1. The van der Waals surface area contributed by atoms with Gasteiger partial charge < -0.3 is 10.2 Å². The summed E-state index contributed by atoms with van der Waals surface area (Å²) in [5.74, 6) is -0.835. The number of nitrogens with one attached hydrogen (secondary N) is 1. The van der Waals surface area contributed by atoms with Crippen LogP contribution in [0.3, 0.4) is 0 Å². The van der Waals surface area contributed by atoms with Gasteiger partial charge in [-0.15, -0.1) is 0 Å². The number of halogens is 1. The zero-order chi connectivity index (χ0) is 33.6. The zero-order valence-electron chi connectivity index (χ0n) is 27.2. The molecule has 7 nitrogen and oxygen atoms in total. The Balaban J connectivity index is 1.84. The van der Waals surface area contributed by atoms with Crippen molar-refractivity contribution in [2.75, 3.05) is 10.8 Å². The lowest BCUT2D eigenvalue weighted by Gasteiger charge is -2.35. The molecule has 242 valence electrons. The summed E-state index contributed by atoms with van der Waals surface area (Å²) >= 11 is 6.08. The van der Waals surface area contributed by atoms with Crippen molar-refractivity contribution in [2.45, 2.75) is 71.0 Å². The molecule has 0 spiro atoms. The van der Waals surface area contributed by atoms with Gasteiger partial charge in [0, 0.05) is 23.5 Å². The molecule has 0 bridgehead atoms. The quantitative estimate of drug-likeness (QED) is 0.188. The van der Waals surface area contributed by atoms with Crippen LogP contribution in [0.2, 0.25) is 5.02 Å². The van der Waals surface area contributed by atoms with Crippen molar-refractivity contribution in [3.63, 3.8) is 0 Å². The highest BCUT2D eigenvalue weighted by atomic mass is 35.5. The minimum Gasteiger partial charge on any atom is -0.350 e. The summed E-state index contributed by atoms with van der Waals surface area (Å²) in [6.07, 6.45) is 0.244. The molecule has 0 aliphatic heterocycles. The fourth-order valence-electron chi connectivity index (χ4n) is 5.16. The maximum absolute atomic E-state index is 14.6. The van der Waals surface area contributed by atoms with Crippen LogP contribution < -0.4 is 9.62 Å². The molecule has 9 heteroatoms. The molecule has 0 radical (unpaired) electrons. The van der Waals surface area contributed by atoms with Gasteiger partial charge in [0.05, 0.1) is 10.6 Å². The Bertz CT molecular complexity index is 1790. The normalized spacial score (nSPS) is 12.3. The number of amides is 2. The predicted octanol–water partition coefficient (Wildman–Crippen LogP) is 7.02. The first kappa shape index (κ1) is 34.7. The van der Waals surface area contributed by atoms with E-state index in [-0.39, 0.29) is 23.8 Å². The number of benzene rings is 4. The molecule has 46 heavy (non-hydrogen) atoms. The smallest absolute Gasteiger partial charge is 0.264 e. The number of carbonyl (C=O) groups is 2. The van der Waals surface area contributed by atoms with E-state index in [2.05, 4.69) is 5.32 Å². The van der Waals surface area contributed by atoms with E-state index in [0.29, 0.717) is 10.7 Å². The average molecular weight is 660 g/mol. The molecule has 4 aromatic rings. The third kappa shape index (κ3) is 8.98. The fourth-order valence-corrected chi connectivity index (χ4v) is 6.69. The lowest BCUT2D eigenvalue weighted by atomic mass is 10.0. The Hall–Kier alpha value is -4.14. The number of nitrogens with zero attached hydrogens (tertiary/aromatic N) is 2. The lowest BCUT2D eigenvalue weighted by molar-refractivity contribution is -0.140. The second kappa shape index (κ2) is 14.5. The highest BCUT2D eigenvalue weighted by molar-refractivity contribution is 7.92. The van der Waals surface area contributed by atoms with Gasteiger partial charge in [0.25, 0.3) is 10.0 Å². The van der Waals surface area contributed by atoms with Crippen molar-refractivity contribution in [3.05, 3.63) is 130 Å². The van der Waals surface area contributed by atoms with Gasteiger partial charge >= 0.3 is 0 Å². The minimum absolute atomic E-state index is 0.000488. The maximum atomic E-state index is 14.6. The number of aryl methyl sites for hydroxylation is 3. The summed E-state index contributed by atoms with van der Waals surface area (Å²) in [6, 6.07) is 27.5. The standard InChI is InChI=1S/C37H42ClN3O4S/c1-26-11-10-14-30(21-26)24-40(34(36(43)39-37(4,5)6)23-29-12-8-7-9-13-29)35(42)25-41(32-18-15-27(2)28(3)22-32)46(44,45)33-19-16-31(38)17-20-33/h7-22,34H,23-25H2,1-6H3,(H,39,43). The molecule has 4 aromatic carbocycles. The first-order chi connectivity index (χ1) is 21.6. The van der Waals surface area contributed by atoms with Crippen LogP contribution in [0.4, 0.5) is 5.69 Å². The number of sulfonamides is 1. The molecule has 1 atom stereocenters. The molecular formula is C37H42ClN3O4S. The van der Waals surface area contributed by atoms with Crippen LogP contribution in [0.5, 0.6) is 0 Å². The van der Waals surface area contributed by atoms with Crippen LogP contribution in [0.1, 0.15) is 48.6 Å². The van der Waals surface area contributed by atoms with Gasteiger partial charge in [-0.3, -0.25) is 13.9 Å². The monoisotopic (exact) mass is 659 g/mol. The van der Waals surface area contributed by atoms with Crippen molar-refractivity contribution in [2.24, 2.45) is 0 Å². The molecule has 1 N–H and O–H groups in total. The van der Waals surface area contributed by atoms with Gasteiger partial charge in [-0.05, 0) is 100 Å². The molecular weight excluding hydrogens is 618 g/mol. The third-order valence-electron chi connectivity index (χ3n) is 7.66. The second-order valence-corrected chi connectivity index (χ2v) is 15.0. The van der Waals surface area contributed by atoms with Crippen LogP contribution in [0.25, 0.3) is 0 Å². The summed E-state index contributed by atoms with van der Waals surface area (Å²) in [7, 11) is -4.22. The molecule has 0 aliphatic carbocycles. The van der Waals surface area contributed by atoms with Crippen molar-refractivity contribution in [1.29, 1.82) is 0 Å². The molecule has 0 aromatic heterocycles. The van der Waals surface area contributed by atoms with Crippen LogP contribution in [-0.4, -0.2) is 43.3 Å². The molecule has 0 aliphatic rings. The summed E-state index contributed by atoms with van der Waals surface area (Å²) in [4.78, 5) is 30.1. The average Bonchev–Trinajstić information content (AvgIpc) is 2.99. The highest BCUT2D eigenvalue weighted by Crippen LogP contribution is 2.28. The first-order valence-electron chi connectivity index (χ1n) is 15.2. The Kier molecular flexibility index (Phi) is 11.0.